The standard InChI is InChI=1S/C29H28N6O8.ClH/c1-38-20-12-18-19(13-21(20)43-14-24-31-33-34-32-24)28(36)35(17-8-6-16(30)7-9-17)26(29(37)42-5)25(18)15-10-22(39-2)27(41-4)23(11-15)40-3;/h6-13H,14,30H2,1-5H3,(H,31,32,33,34);1H. The smallest absolute Gasteiger partial charge is 0.355 e. The van der Waals surface area contributed by atoms with Gasteiger partial charge < -0.3 is 34.2 Å². The highest BCUT2D eigenvalue weighted by Crippen LogP contribution is 2.45. The van der Waals surface area contributed by atoms with E-state index >= 15 is 0 Å². The SMILES string of the molecule is COC(=O)c1c(-c2cc(OC)c(OC)c(OC)c2)c2cc(OC)c(OCc3nn[nH]n3)cc2c(=O)n1-c1ccc(N)cc1.Cl. The van der Waals surface area contributed by atoms with Crippen LogP contribution in [0.25, 0.3) is 27.6 Å². The maximum atomic E-state index is 14.3. The monoisotopic (exact) mass is 624 g/mol. The first kappa shape index (κ1) is 31.4. The van der Waals surface area contributed by atoms with Gasteiger partial charge in [-0.25, -0.2) is 4.79 Å². The van der Waals surface area contributed by atoms with Crippen LogP contribution in [-0.4, -0.2) is 66.7 Å². The zero-order chi connectivity index (χ0) is 30.7. The maximum absolute atomic E-state index is 14.3. The Hall–Kier alpha value is -5.50. The molecule has 0 atom stereocenters. The van der Waals surface area contributed by atoms with Crippen LogP contribution in [0.5, 0.6) is 28.7 Å². The van der Waals surface area contributed by atoms with E-state index in [1.165, 1.54) is 46.2 Å². The average molecular weight is 625 g/mol. The van der Waals surface area contributed by atoms with Crippen LogP contribution in [0.15, 0.2) is 53.3 Å². The molecular formula is C29H29ClN6O8. The lowest BCUT2D eigenvalue weighted by molar-refractivity contribution is 0.0591. The first-order valence-electron chi connectivity index (χ1n) is 12.8. The van der Waals surface area contributed by atoms with Gasteiger partial charge in [0.1, 0.15) is 5.69 Å². The molecule has 0 saturated carbocycles. The van der Waals surface area contributed by atoms with Crippen LogP contribution in [-0.2, 0) is 11.3 Å². The minimum Gasteiger partial charge on any atom is -0.493 e. The number of rotatable bonds is 10. The molecule has 3 aromatic carbocycles. The Kier molecular flexibility index (Phi) is 9.44. The van der Waals surface area contributed by atoms with Crippen molar-refractivity contribution < 1.29 is 33.2 Å². The number of nitrogens with two attached hydrogens (primary N) is 1. The van der Waals surface area contributed by atoms with Crippen LogP contribution in [0.3, 0.4) is 0 Å². The van der Waals surface area contributed by atoms with E-state index in [1.807, 2.05) is 0 Å². The number of pyridine rings is 1. The van der Waals surface area contributed by atoms with Gasteiger partial charge in [-0.3, -0.25) is 9.36 Å². The molecule has 5 aromatic rings. The highest BCUT2D eigenvalue weighted by Gasteiger charge is 2.28. The molecule has 0 unspecified atom stereocenters. The fraction of sp³-hybridized carbons (Fsp3) is 0.207. The highest BCUT2D eigenvalue weighted by atomic mass is 35.5. The normalized spacial score (nSPS) is 10.6. The molecule has 3 N–H and O–H groups in total. The van der Waals surface area contributed by atoms with Crippen LogP contribution in [0.2, 0.25) is 0 Å². The van der Waals surface area contributed by atoms with E-state index in [-0.39, 0.29) is 41.6 Å². The number of carbonyl (C=O) groups excluding carboxylic acids is 1. The predicted molar refractivity (Wildman–Crippen MR) is 163 cm³/mol. The summed E-state index contributed by atoms with van der Waals surface area (Å²) in [6.45, 7) is -0.0511. The summed E-state index contributed by atoms with van der Waals surface area (Å²) < 4.78 is 34.7. The summed E-state index contributed by atoms with van der Waals surface area (Å²) in [6, 6.07) is 13.0. The third kappa shape index (κ3) is 5.62. The molecule has 0 amide bonds. The number of benzene rings is 3. The largest absolute Gasteiger partial charge is 0.493 e. The van der Waals surface area contributed by atoms with Gasteiger partial charge in [0.15, 0.2) is 29.6 Å². The molecule has 0 saturated heterocycles. The summed E-state index contributed by atoms with van der Waals surface area (Å²) in [7, 11) is 7.13. The van der Waals surface area contributed by atoms with Gasteiger partial charge in [-0.2, -0.15) is 5.21 Å². The molecule has 0 bridgehead atoms. The second-order valence-electron chi connectivity index (χ2n) is 9.03. The predicted octanol–water partition coefficient (Wildman–Crippen LogP) is 3.57. The Balaban J connectivity index is 0.00000442. The third-order valence-electron chi connectivity index (χ3n) is 6.70. The fourth-order valence-corrected chi connectivity index (χ4v) is 4.74. The minimum absolute atomic E-state index is 0. The van der Waals surface area contributed by atoms with Gasteiger partial charge in [-0.15, -0.1) is 22.6 Å². The second kappa shape index (κ2) is 13.2. The van der Waals surface area contributed by atoms with E-state index < -0.39 is 11.5 Å². The van der Waals surface area contributed by atoms with E-state index in [0.717, 1.165) is 0 Å². The summed E-state index contributed by atoms with van der Waals surface area (Å²) in [6.07, 6.45) is 0. The molecule has 0 fully saturated rings. The first-order chi connectivity index (χ1) is 20.8. The molecule has 0 aliphatic heterocycles. The highest BCUT2D eigenvalue weighted by molar-refractivity contribution is 6.08. The average Bonchev–Trinajstić information content (AvgIpc) is 3.56. The number of halogens is 1. The number of methoxy groups -OCH3 is 5. The van der Waals surface area contributed by atoms with E-state index in [2.05, 4.69) is 20.6 Å². The Morgan fingerprint density at radius 1 is 0.864 bits per heavy atom. The minimum atomic E-state index is -0.768. The molecule has 2 aromatic heterocycles. The molecule has 5 rings (SSSR count). The van der Waals surface area contributed by atoms with Gasteiger partial charge in [-0.05, 0) is 54.1 Å². The van der Waals surface area contributed by atoms with Crippen LogP contribution < -0.4 is 35.0 Å². The second-order valence-corrected chi connectivity index (χ2v) is 9.03. The molecule has 14 nitrogen and oxygen atoms in total. The van der Waals surface area contributed by atoms with Crippen molar-refractivity contribution in [3.8, 4) is 45.6 Å². The molecule has 0 aliphatic carbocycles. The molecule has 0 radical (unpaired) electrons. The van der Waals surface area contributed by atoms with Crippen molar-refractivity contribution in [2.24, 2.45) is 0 Å². The Morgan fingerprint density at radius 2 is 1.50 bits per heavy atom. The number of aromatic nitrogens is 5. The van der Waals surface area contributed by atoms with Crippen LogP contribution in [0.4, 0.5) is 5.69 Å². The van der Waals surface area contributed by atoms with Crippen molar-refractivity contribution in [3.63, 3.8) is 0 Å². The van der Waals surface area contributed by atoms with Crippen molar-refractivity contribution in [2.45, 2.75) is 6.61 Å². The van der Waals surface area contributed by atoms with Crippen molar-refractivity contribution >= 4 is 34.8 Å². The lowest BCUT2D eigenvalue weighted by Gasteiger charge is -2.21. The first-order valence-corrected chi connectivity index (χ1v) is 12.8. The van der Waals surface area contributed by atoms with Crippen LogP contribution >= 0.6 is 12.4 Å². The molecule has 230 valence electrons. The lowest BCUT2D eigenvalue weighted by Crippen LogP contribution is -2.27. The molecule has 2 heterocycles. The van der Waals surface area contributed by atoms with Crippen molar-refractivity contribution in [3.05, 3.63) is 70.4 Å². The number of nitrogen functional groups attached to an aromatic ring is 1. The van der Waals surface area contributed by atoms with E-state index in [9.17, 15) is 9.59 Å². The third-order valence-corrected chi connectivity index (χ3v) is 6.70. The van der Waals surface area contributed by atoms with E-state index in [1.54, 1.807) is 42.5 Å². The number of ether oxygens (including phenoxy) is 6. The van der Waals surface area contributed by atoms with Gasteiger partial charge in [-0.1, -0.05) is 5.21 Å². The van der Waals surface area contributed by atoms with Gasteiger partial charge in [0.05, 0.1) is 40.9 Å². The number of nitrogens with one attached hydrogen (secondary N) is 1. The number of tetrazole rings is 1. The van der Waals surface area contributed by atoms with Crippen molar-refractivity contribution in [2.75, 3.05) is 41.3 Å². The molecule has 44 heavy (non-hydrogen) atoms. The van der Waals surface area contributed by atoms with Crippen molar-refractivity contribution in [1.82, 2.24) is 25.2 Å². The number of hydrogen-bond donors (Lipinski definition) is 2. The van der Waals surface area contributed by atoms with Gasteiger partial charge in [0.25, 0.3) is 5.56 Å². The lowest BCUT2D eigenvalue weighted by atomic mass is 9.95. The van der Waals surface area contributed by atoms with E-state index in [4.69, 9.17) is 34.2 Å². The fourth-order valence-electron chi connectivity index (χ4n) is 4.74. The number of fused-ring (bicyclic) bond motifs is 1. The summed E-state index contributed by atoms with van der Waals surface area (Å²) in [4.78, 5) is 27.9. The van der Waals surface area contributed by atoms with E-state index in [0.29, 0.717) is 51.0 Å². The summed E-state index contributed by atoms with van der Waals surface area (Å²) in [5, 5.41) is 14.3. The zero-order valence-electron chi connectivity index (χ0n) is 24.4. The van der Waals surface area contributed by atoms with Gasteiger partial charge in [0, 0.05) is 22.3 Å². The maximum Gasteiger partial charge on any atom is 0.355 e. The molecule has 0 aliphatic rings. The summed E-state index contributed by atoms with van der Waals surface area (Å²) in [5.74, 6) is 1.06. The van der Waals surface area contributed by atoms with Gasteiger partial charge in [0.2, 0.25) is 11.6 Å². The topological polar surface area (TPSA) is 175 Å². The Labute approximate surface area is 257 Å². The molecule has 15 heteroatoms. The summed E-state index contributed by atoms with van der Waals surface area (Å²) in [5.41, 5.74) is 7.00. The summed E-state index contributed by atoms with van der Waals surface area (Å²) >= 11 is 0. The van der Waals surface area contributed by atoms with Crippen LogP contribution in [0.1, 0.15) is 16.3 Å². The van der Waals surface area contributed by atoms with Gasteiger partial charge >= 0.3 is 5.97 Å². The number of nitrogens with zero attached hydrogens (tertiary/aromatic N) is 4. The number of hydrogen-bond acceptors (Lipinski definition) is 12. The zero-order valence-corrected chi connectivity index (χ0v) is 25.2. The Morgan fingerprint density at radius 3 is 2.05 bits per heavy atom. The number of aromatic amines is 1. The number of H-pyrrole nitrogens is 1. The number of anilines is 1. The quantitative estimate of drug-likeness (QED) is 0.171. The molecule has 0 spiro atoms. The number of carbonyl (C=O) groups is 1. The Bertz CT molecular complexity index is 1830. The van der Waals surface area contributed by atoms with Crippen LogP contribution in [0, 0.1) is 0 Å². The van der Waals surface area contributed by atoms with Crippen molar-refractivity contribution in [1.29, 1.82) is 0 Å². The number of esters is 1. The molecular weight excluding hydrogens is 596 g/mol.